The summed E-state index contributed by atoms with van der Waals surface area (Å²) in [7, 11) is 2.21. The van der Waals surface area contributed by atoms with Crippen LogP contribution in [0.2, 0.25) is 0 Å². The van der Waals surface area contributed by atoms with Crippen LogP contribution in [-0.4, -0.2) is 47.9 Å². The molecule has 0 N–H and O–H groups in total. The molecule has 1 spiro atoms. The molecule has 1 amide bonds. The van der Waals surface area contributed by atoms with E-state index in [1.807, 2.05) is 4.90 Å². The summed E-state index contributed by atoms with van der Waals surface area (Å²) in [5.41, 5.74) is 1.23. The highest BCUT2D eigenvalue weighted by Gasteiger charge is 2.40. The Morgan fingerprint density at radius 3 is 2.50 bits per heavy atom. The van der Waals surface area contributed by atoms with Gasteiger partial charge in [-0.1, -0.05) is 18.6 Å². The Balaban J connectivity index is 1.72. The predicted molar refractivity (Wildman–Crippen MR) is 85.5 cm³/mol. The summed E-state index contributed by atoms with van der Waals surface area (Å²) in [5.74, 6) is -0.552. The molecule has 2 heterocycles. The van der Waals surface area contributed by atoms with E-state index in [1.165, 1.54) is 25.3 Å². The number of hydrogen-bond donors (Lipinski definition) is 0. The summed E-state index contributed by atoms with van der Waals surface area (Å²) in [6.07, 6.45) is 5.79. The zero-order valence-corrected chi connectivity index (χ0v) is 13.6. The number of piperidine rings is 2. The number of halogens is 1. The first-order valence-corrected chi connectivity index (χ1v) is 8.29. The molecular formula is C18H25FN2O. The second-order valence-corrected chi connectivity index (χ2v) is 6.83. The Hall–Kier alpha value is -1.42. The van der Waals surface area contributed by atoms with Crippen LogP contribution < -0.4 is 0 Å². The number of amides is 1. The van der Waals surface area contributed by atoms with Crippen LogP contribution in [0.15, 0.2) is 18.2 Å². The zero-order chi connectivity index (χ0) is 15.7. The third-order valence-electron chi connectivity index (χ3n) is 5.61. The predicted octanol–water partition coefficient (Wildman–Crippen LogP) is 3.22. The fourth-order valence-corrected chi connectivity index (χ4v) is 4.05. The van der Waals surface area contributed by atoms with Crippen molar-refractivity contribution in [1.29, 1.82) is 0 Å². The molecule has 0 aromatic heterocycles. The van der Waals surface area contributed by atoms with Gasteiger partial charge in [0.2, 0.25) is 0 Å². The lowest BCUT2D eigenvalue weighted by atomic mass is 9.79. The Bertz CT molecular complexity index is 544. The van der Waals surface area contributed by atoms with Crippen molar-refractivity contribution in [2.75, 3.05) is 26.7 Å². The standard InChI is InChI=1S/C18H25FN2O/c1-14-6-5-7-15(19)16(14)17(22)21-12-9-18(10-13-21)8-3-4-11-20(18)2/h5-7H,3-4,8-13H2,1-2H3. The van der Waals surface area contributed by atoms with E-state index < -0.39 is 5.82 Å². The molecule has 3 nitrogen and oxygen atoms in total. The van der Waals surface area contributed by atoms with Crippen LogP contribution in [0.4, 0.5) is 4.39 Å². The third-order valence-corrected chi connectivity index (χ3v) is 5.61. The second kappa shape index (κ2) is 5.99. The molecule has 2 fully saturated rings. The van der Waals surface area contributed by atoms with Gasteiger partial charge in [-0.15, -0.1) is 0 Å². The number of aryl methyl sites for hydroxylation is 1. The number of rotatable bonds is 1. The first kappa shape index (κ1) is 15.5. The average Bonchev–Trinajstić information content (AvgIpc) is 2.51. The van der Waals surface area contributed by atoms with Crippen molar-refractivity contribution in [2.45, 2.75) is 44.6 Å². The smallest absolute Gasteiger partial charge is 0.257 e. The highest BCUT2D eigenvalue weighted by atomic mass is 19.1. The molecule has 2 aliphatic rings. The summed E-state index contributed by atoms with van der Waals surface area (Å²) in [5, 5.41) is 0. The van der Waals surface area contributed by atoms with Gasteiger partial charge in [-0.3, -0.25) is 4.79 Å². The lowest BCUT2D eigenvalue weighted by Crippen LogP contribution is -2.56. The first-order valence-electron chi connectivity index (χ1n) is 8.29. The van der Waals surface area contributed by atoms with Gasteiger partial charge in [-0.25, -0.2) is 4.39 Å². The molecule has 120 valence electrons. The van der Waals surface area contributed by atoms with Crippen LogP contribution in [0.25, 0.3) is 0 Å². The maximum atomic E-state index is 14.0. The van der Waals surface area contributed by atoms with E-state index in [4.69, 9.17) is 0 Å². The molecule has 3 rings (SSSR count). The highest BCUT2D eigenvalue weighted by Crippen LogP contribution is 2.36. The molecule has 0 radical (unpaired) electrons. The van der Waals surface area contributed by atoms with Crippen LogP contribution in [0.5, 0.6) is 0 Å². The van der Waals surface area contributed by atoms with Gasteiger partial charge in [0.1, 0.15) is 5.82 Å². The largest absolute Gasteiger partial charge is 0.338 e. The van der Waals surface area contributed by atoms with Crippen LogP contribution >= 0.6 is 0 Å². The Morgan fingerprint density at radius 2 is 1.86 bits per heavy atom. The molecular weight excluding hydrogens is 279 g/mol. The molecule has 2 aliphatic heterocycles. The third kappa shape index (κ3) is 2.65. The number of nitrogens with zero attached hydrogens (tertiary/aromatic N) is 2. The number of likely N-dealkylation sites (tertiary alicyclic amines) is 2. The zero-order valence-electron chi connectivity index (χ0n) is 13.6. The SMILES string of the molecule is Cc1cccc(F)c1C(=O)N1CCC2(CCCCN2C)CC1. The maximum absolute atomic E-state index is 14.0. The van der Waals surface area contributed by atoms with Crippen molar-refractivity contribution >= 4 is 5.91 Å². The van der Waals surface area contributed by atoms with Crippen LogP contribution in [-0.2, 0) is 0 Å². The topological polar surface area (TPSA) is 23.6 Å². The van der Waals surface area contributed by atoms with E-state index in [-0.39, 0.29) is 17.0 Å². The average molecular weight is 304 g/mol. The van der Waals surface area contributed by atoms with Gasteiger partial charge in [-0.05, 0) is 57.8 Å². The van der Waals surface area contributed by atoms with Crippen molar-refractivity contribution in [3.05, 3.63) is 35.1 Å². The van der Waals surface area contributed by atoms with Crippen molar-refractivity contribution in [2.24, 2.45) is 0 Å². The van der Waals surface area contributed by atoms with Gasteiger partial charge in [-0.2, -0.15) is 0 Å². The fourth-order valence-electron chi connectivity index (χ4n) is 4.05. The Labute approximate surface area is 132 Å². The minimum absolute atomic E-state index is 0.149. The van der Waals surface area contributed by atoms with E-state index >= 15 is 0 Å². The Kier molecular flexibility index (Phi) is 4.22. The number of hydrogen-bond acceptors (Lipinski definition) is 2. The highest BCUT2D eigenvalue weighted by molar-refractivity contribution is 5.96. The number of carbonyl (C=O) groups excluding carboxylic acids is 1. The molecule has 0 bridgehead atoms. The second-order valence-electron chi connectivity index (χ2n) is 6.83. The Morgan fingerprint density at radius 1 is 1.14 bits per heavy atom. The summed E-state index contributed by atoms with van der Waals surface area (Å²) in [6, 6.07) is 4.83. The molecule has 0 unspecified atom stereocenters. The van der Waals surface area contributed by atoms with Crippen molar-refractivity contribution in [1.82, 2.24) is 9.80 Å². The van der Waals surface area contributed by atoms with Crippen molar-refractivity contribution in [3.8, 4) is 0 Å². The molecule has 4 heteroatoms. The normalized spacial score (nSPS) is 22.0. The number of carbonyl (C=O) groups is 1. The monoisotopic (exact) mass is 304 g/mol. The molecule has 1 aromatic rings. The first-order chi connectivity index (χ1) is 10.5. The molecule has 0 aliphatic carbocycles. The fraction of sp³-hybridized carbons (Fsp3) is 0.611. The van der Waals surface area contributed by atoms with Crippen molar-refractivity contribution < 1.29 is 9.18 Å². The lowest BCUT2D eigenvalue weighted by Gasteiger charge is -2.50. The molecule has 2 saturated heterocycles. The van der Waals surface area contributed by atoms with Crippen LogP contribution in [0.3, 0.4) is 0 Å². The van der Waals surface area contributed by atoms with E-state index in [0.717, 1.165) is 38.0 Å². The molecule has 22 heavy (non-hydrogen) atoms. The van der Waals surface area contributed by atoms with Crippen LogP contribution in [0.1, 0.15) is 48.0 Å². The summed E-state index contributed by atoms with van der Waals surface area (Å²) in [4.78, 5) is 17.0. The molecule has 0 atom stereocenters. The summed E-state index contributed by atoms with van der Waals surface area (Å²) in [6.45, 7) is 4.42. The van der Waals surface area contributed by atoms with Gasteiger partial charge < -0.3 is 9.80 Å². The number of benzene rings is 1. The van der Waals surface area contributed by atoms with E-state index in [0.29, 0.717) is 0 Å². The van der Waals surface area contributed by atoms with Crippen molar-refractivity contribution in [3.63, 3.8) is 0 Å². The van der Waals surface area contributed by atoms with E-state index in [9.17, 15) is 9.18 Å². The maximum Gasteiger partial charge on any atom is 0.257 e. The minimum atomic E-state index is -0.403. The van der Waals surface area contributed by atoms with Gasteiger partial charge in [0.15, 0.2) is 0 Å². The summed E-state index contributed by atoms with van der Waals surface area (Å²) >= 11 is 0. The van der Waals surface area contributed by atoms with Gasteiger partial charge in [0.05, 0.1) is 5.56 Å². The van der Waals surface area contributed by atoms with E-state index in [1.54, 1.807) is 19.1 Å². The van der Waals surface area contributed by atoms with Gasteiger partial charge >= 0.3 is 0 Å². The van der Waals surface area contributed by atoms with Gasteiger partial charge in [0, 0.05) is 18.6 Å². The molecule has 0 saturated carbocycles. The van der Waals surface area contributed by atoms with Crippen LogP contribution in [0, 0.1) is 12.7 Å². The molecule has 1 aromatic carbocycles. The quantitative estimate of drug-likeness (QED) is 0.795. The minimum Gasteiger partial charge on any atom is -0.338 e. The van der Waals surface area contributed by atoms with E-state index in [2.05, 4.69) is 11.9 Å². The van der Waals surface area contributed by atoms with Gasteiger partial charge in [0.25, 0.3) is 5.91 Å². The lowest BCUT2D eigenvalue weighted by molar-refractivity contribution is 0.0109. The summed E-state index contributed by atoms with van der Waals surface area (Å²) < 4.78 is 14.0.